The van der Waals surface area contributed by atoms with Crippen LogP contribution in [0.25, 0.3) is 11.0 Å². The van der Waals surface area contributed by atoms with Crippen LogP contribution in [0, 0.1) is 11.2 Å². The quantitative estimate of drug-likeness (QED) is 0.189. The number of hydrogen-bond donors (Lipinski definition) is 2. The fourth-order valence-corrected chi connectivity index (χ4v) is 4.66. The van der Waals surface area contributed by atoms with E-state index in [0.29, 0.717) is 39.9 Å². The Kier molecular flexibility index (Phi) is 8.30. The molecule has 3 N–H and O–H groups in total. The van der Waals surface area contributed by atoms with Crippen molar-refractivity contribution in [1.29, 1.82) is 5.41 Å². The molecule has 238 valence electrons. The number of alkyl halides is 3. The Labute approximate surface area is 259 Å². The smallest absolute Gasteiger partial charge is 0.421 e. The number of anilines is 2. The van der Waals surface area contributed by atoms with E-state index in [1.54, 1.807) is 43.5 Å². The highest BCUT2D eigenvalue weighted by Crippen LogP contribution is 2.35. The predicted molar refractivity (Wildman–Crippen MR) is 160 cm³/mol. The molecular formula is C32H28F4N6O4. The van der Waals surface area contributed by atoms with Gasteiger partial charge in [-0.1, -0.05) is 30.3 Å². The SMILES string of the molecule is CC(C)(C)OC(=O)n1c(=N)n(Cc2ccccc2)c2cc(Oc3ccc(N(C(N)=O)c4cc(C(F)(F)F)ccc4F)nc3)ccc21. The zero-order chi connectivity index (χ0) is 33.4. The van der Waals surface area contributed by atoms with Gasteiger partial charge in [-0.15, -0.1) is 0 Å². The lowest BCUT2D eigenvalue weighted by Crippen LogP contribution is -2.34. The highest BCUT2D eigenvalue weighted by molar-refractivity contribution is 5.97. The van der Waals surface area contributed by atoms with Crippen LogP contribution < -0.4 is 21.0 Å². The number of nitrogens with two attached hydrogens (primary N) is 1. The highest BCUT2D eigenvalue weighted by Gasteiger charge is 2.33. The zero-order valence-electron chi connectivity index (χ0n) is 24.8. The number of nitrogens with one attached hydrogen (secondary N) is 1. The molecule has 0 radical (unpaired) electrons. The number of fused-ring (bicyclic) bond motifs is 1. The minimum atomic E-state index is -4.79. The molecule has 2 amide bonds. The molecule has 0 spiro atoms. The van der Waals surface area contributed by atoms with Crippen molar-refractivity contribution in [3.63, 3.8) is 0 Å². The Balaban J connectivity index is 1.49. The number of aromatic nitrogens is 3. The second-order valence-corrected chi connectivity index (χ2v) is 11.2. The molecule has 5 aromatic rings. The lowest BCUT2D eigenvalue weighted by Gasteiger charge is -2.21. The standard InChI is InChI=1S/C32H28F4N6O4/c1-31(2,3)46-30(44)42-24-13-10-21(16-26(24)40(28(42)37)18-19-7-5-4-6-8-19)45-22-11-14-27(39-17-22)41(29(38)43)25-15-20(32(34,35)36)9-12-23(25)33/h4-17,37H,18H2,1-3H3,(H2,38,43). The van der Waals surface area contributed by atoms with Crippen LogP contribution in [0.5, 0.6) is 11.5 Å². The van der Waals surface area contributed by atoms with Crippen molar-refractivity contribution in [2.45, 2.75) is 39.1 Å². The number of hydrogen-bond acceptors (Lipinski definition) is 6. The third-order valence-electron chi connectivity index (χ3n) is 6.63. The molecule has 0 aliphatic carbocycles. The van der Waals surface area contributed by atoms with Crippen molar-refractivity contribution in [3.8, 4) is 11.5 Å². The van der Waals surface area contributed by atoms with E-state index in [1.807, 2.05) is 30.3 Å². The van der Waals surface area contributed by atoms with Gasteiger partial charge in [-0.3, -0.25) is 5.41 Å². The minimum absolute atomic E-state index is 0.121. The summed E-state index contributed by atoms with van der Waals surface area (Å²) >= 11 is 0. The van der Waals surface area contributed by atoms with E-state index in [4.69, 9.17) is 20.6 Å². The maximum Gasteiger partial charge on any atom is 0.421 e. The zero-order valence-corrected chi connectivity index (χ0v) is 24.8. The molecule has 5 rings (SSSR count). The van der Waals surface area contributed by atoms with E-state index in [9.17, 15) is 27.2 Å². The minimum Gasteiger partial charge on any atom is -0.456 e. The summed E-state index contributed by atoms with van der Waals surface area (Å²) in [5, 5.41) is 8.83. The van der Waals surface area contributed by atoms with E-state index in [-0.39, 0.29) is 23.7 Å². The highest BCUT2D eigenvalue weighted by atomic mass is 19.4. The topological polar surface area (TPSA) is 128 Å². The Morgan fingerprint density at radius 3 is 2.24 bits per heavy atom. The number of rotatable bonds is 6. The number of ether oxygens (including phenoxy) is 2. The number of nitrogens with zero attached hydrogens (tertiary/aromatic N) is 4. The van der Waals surface area contributed by atoms with E-state index in [0.717, 1.165) is 10.1 Å². The molecule has 0 unspecified atom stereocenters. The summed E-state index contributed by atoms with van der Waals surface area (Å²) in [6.07, 6.45) is -4.33. The molecular weight excluding hydrogens is 608 g/mol. The van der Waals surface area contributed by atoms with E-state index in [2.05, 4.69) is 4.98 Å². The average Bonchev–Trinajstić information content (AvgIpc) is 3.24. The summed E-state index contributed by atoms with van der Waals surface area (Å²) in [7, 11) is 0. The monoisotopic (exact) mass is 636 g/mol. The van der Waals surface area contributed by atoms with Gasteiger partial charge in [0, 0.05) is 6.07 Å². The molecule has 0 saturated carbocycles. The van der Waals surface area contributed by atoms with E-state index >= 15 is 0 Å². The van der Waals surface area contributed by atoms with Gasteiger partial charge >= 0.3 is 18.3 Å². The van der Waals surface area contributed by atoms with Gasteiger partial charge in [0.1, 0.15) is 28.7 Å². The molecule has 14 heteroatoms. The molecule has 0 aliphatic heterocycles. The van der Waals surface area contributed by atoms with Gasteiger partial charge < -0.3 is 19.8 Å². The molecule has 0 aliphatic rings. The maximum absolute atomic E-state index is 14.6. The van der Waals surface area contributed by atoms with Crippen LogP contribution in [0.1, 0.15) is 31.9 Å². The largest absolute Gasteiger partial charge is 0.456 e. The lowest BCUT2D eigenvalue weighted by atomic mass is 10.1. The van der Waals surface area contributed by atoms with Crippen LogP contribution in [-0.4, -0.2) is 31.8 Å². The van der Waals surface area contributed by atoms with Crippen LogP contribution in [0.2, 0.25) is 0 Å². The van der Waals surface area contributed by atoms with Gasteiger partial charge in [-0.05, 0) is 68.8 Å². The average molecular weight is 637 g/mol. The van der Waals surface area contributed by atoms with Crippen molar-refractivity contribution in [1.82, 2.24) is 14.1 Å². The van der Waals surface area contributed by atoms with E-state index < -0.39 is 41.0 Å². The van der Waals surface area contributed by atoms with Gasteiger partial charge in [-0.2, -0.15) is 13.2 Å². The Hall–Kier alpha value is -5.66. The molecule has 0 atom stereocenters. The lowest BCUT2D eigenvalue weighted by molar-refractivity contribution is -0.137. The number of primary amides is 1. The number of carbonyl (C=O) groups is 2. The normalized spacial score (nSPS) is 11.8. The first kappa shape index (κ1) is 31.8. The Morgan fingerprint density at radius 1 is 0.935 bits per heavy atom. The number of carbonyl (C=O) groups excluding carboxylic acids is 2. The summed E-state index contributed by atoms with van der Waals surface area (Å²) < 4.78 is 68.6. The maximum atomic E-state index is 14.6. The third kappa shape index (κ3) is 6.70. The summed E-state index contributed by atoms with van der Waals surface area (Å²) in [6, 6.07) is 17.1. The van der Waals surface area contributed by atoms with Crippen molar-refractivity contribution < 1.29 is 36.6 Å². The van der Waals surface area contributed by atoms with Crippen LogP contribution in [0.4, 0.5) is 38.7 Å². The summed E-state index contributed by atoms with van der Waals surface area (Å²) in [5.41, 5.74) is 4.34. The number of amides is 2. The first-order chi connectivity index (χ1) is 21.6. The second-order valence-electron chi connectivity index (χ2n) is 11.2. The van der Waals surface area contributed by atoms with Gasteiger partial charge in [0.2, 0.25) is 5.62 Å². The molecule has 0 bridgehead atoms. The number of pyridine rings is 1. The van der Waals surface area contributed by atoms with Crippen LogP contribution in [0.15, 0.2) is 85.1 Å². The van der Waals surface area contributed by atoms with Crippen molar-refractivity contribution in [3.05, 3.63) is 108 Å². The van der Waals surface area contributed by atoms with E-state index in [1.165, 1.54) is 18.3 Å². The molecule has 3 aromatic carbocycles. The van der Waals surface area contributed by atoms with Crippen molar-refractivity contribution in [2.75, 3.05) is 4.90 Å². The number of urea groups is 1. The number of halogens is 4. The fraction of sp³-hybridized carbons (Fsp3) is 0.188. The molecule has 46 heavy (non-hydrogen) atoms. The molecule has 10 nitrogen and oxygen atoms in total. The molecule has 2 heterocycles. The molecule has 0 fully saturated rings. The van der Waals surface area contributed by atoms with Crippen LogP contribution in [-0.2, 0) is 17.5 Å². The summed E-state index contributed by atoms with van der Waals surface area (Å²) in [5.74, 6) is -0.911. The fourth-order valence-electron chi connectivity index (χ4n) is 4.66. The Morgan fingerprint density at radius 2 is 1.63 bits per heavy atom. The predicted octanol–water partition coefficient (Wildman–Crippen LogP) is 7.32. The van der Waals surface area contributed by atoms with Crippen LogP contribution in [0.3, 0.4) is 0 Å². The first-order valence-electron chi connectivity index (χ1n) is 13.8. The van der Waals surface area contributed by atoms with Gasteiger partial charge in [0.05, 0.1) is 35.0 Å². The Bertz CT molecular complexity index is 1980. The third-order valence-corrected chi connectivity index (χ3v) is 6.63. The molecule has 2 aromatic heterocycles. The second kappa shape index (κ2) is 12.0. The molecule has 0 saturated heterocycles. The van der Waals surface area contributed by atoms with Crippen molar-refractivity contribution >= 4 is 34.7 Å². The van der Waals surface area contributed by atoms with Gasteiger partial charge in [-0.25, -0.2) is 28.4 Å². The number of benzene rings is 3. The van der Waals surface area contributed by atoms with Gasteiger partial charge in [0.25, 0.3) is 0 Å². The van der Waals surface area contributed by atoms with Gasteiger partial charge in [0.15, 0.2) is 0 Å². The van der Waals surface area contributed by atoms with Crippen LogP contribution >= 0.6 is 0 Å². The summed E-state index contributed by atoms with van der Waals surface area (Å²) in [4.78, 5) is 29.9. The first-order valence-corrected chi connectivity index (χ1v) is 13.8. The number of imidazole rings is 1. The van der Waals surface area contributed by atoms with Crippen molar-refractivity contribution in [2.24, 2.45) is 5.73 Å². The summed E-state index contributed by atoms with van der Waals surface area (Å²) in [6.45, 7) is 5.44.